The third-order valence-electron chi connectivity index (χ3n) is 0.368. The molecule has 0 atom stereocenters. The van der Waals surface area contributed by atoms with Crippen LogP contribution in [-0.4, -0.2) is 39.1 Å². The van der Waals surface area contributed by atoms with Gasteiger partial charge in [0.1, 0.15) is 0 Å². The second-order valence-corrected chi connectivity index (χ2v) is 2.07. The zero-order chi connectivity index (χ0) is 8.57. The van der Waals surface area contributed by atoms with E-state index < -0.39 is 5.97 Å². The number of carbonyl (C=O) groups is 1. The highest BCUT2D eigenvalue weighted by Crippen LogP contribution is 1.67. The Hall–Kier alpha value is -0.830. The van der Waals surface area contributed by atoms with E-state index >= 15 is 0 Å². The lowest BCUT2D eigenvalue weighted by Gasteiger charge is -1.90. The van der Waals surface area contributed by atoms with Crippen LogP contribution in [0, 0.1) is 0 Å². The molecule has 0 saturated heterocycles. The van der Waals surface area contributed by atoms with Crippen LogP contribution in [0.3, 0.4) is 0 Å². The first-order valence-corrected chi connectivity index (χ1v) is 2.86. The van der Waals surface area contributed by atoms with Crippen molar-refractivity contribution in [2.45, 2.75) is 0 Å². The van der Waals surface area contributed by atoms with Gasteiger partial charge in [0.05, 0.1) is 7.11 Å². The fraction of sp³-hybridized carbons (Fsp3) is 0.571. The fourth-order valence-corrected chi connectivity index (χ4v) is 0.0833. The SMILES string of the molecule is C=CC(=O)OC.CN(C)C. The Balaban J connectivity index is 0. The van der Waals surface area contributed by atoms with Gasteiger partial charge in [0, 0.05) is 6.08 Å². The molecule has 10 heavy (non-hydrogen) atoms. The number of nitrogens with zero attached hydrogens (tertiary/aromatic N) is 1. The highest BCUT2D eigenvalue weighted by Gasteiger charge is 1.81. The van der Waals surface area contributed by atoms with E-state index in [0.717, 1.165) is 6.08 Å². The minimum Gasteiger partial charge on any atom is -0.466 e. The Morgan fingerprint density at radius 3 is 1.80 bits per heavy atom. The van der Waals surface area contributed by atoms with E-state index in [1.54, 1.807) is 0 Å². The molecule has 0 aromatic carbocycles. The number of ether oxygens (including phenoxy) is 1. The van der Waals surface area contributed by atoms with Crippen LogP contribution >= 0.6 is 0 Å². The molecule has 3 nitrogen and oxygen atoms in total. The van der Waals surface area contributed by atoms with Gasteiger partial charge in [-0.05, 0) is 21.1 Å². The van der Waals surface area contributed by atoms with E-state index in [9.17, 15) is 4.79 Å². The number of hydrogen-bond acceptors (Lipinski definition) is 3. The van der Waals surface area contributed by atoms with Crippen molar-refractivity contribution in [3.8, 4) is 0 Å². The van der Waals surface area contributed by atoms with Gasteiger partial charge in [-0.15, -0.1) is 0 Å². The van der Waals surface area contributed by atoms with Gasteiger partial charge in [-0.25, -0.2) is 4.79 Å². The average molecular weight is 145 g/mol. The molecule has 0 amide bonds. The van der Waals surface area contributed by atoms with Crippen molar-refractivity contribution < 1.29 is 9.53 Å². The molecule has 60 valence electrons. The van der Waals surface area contributed by atoms with Crippen LogP contribution in [-0.2, 0) is 9.53 Å². The molecular formula is C7H15NO2. The van der Waals surface area contributed by atoms with Crippen molar-refractivity contribution in [3.05, 3.63) is 12.7 Å². The van der Waals surface area contributed by atoms with Crippen LogP contribution in [0.5, 0.6) is 0 Å². The Kier molecular flexibility index (Phi) is 9.73. The summed E-state index contributed by atoms with van der Waals surface area (Å²) in [6.45, 7) is 3.16. The largest absolute Gasteiger partial charge is 0.466 e. The molecule has 0 aliphatic carbocycles. The summed E-state index contributed by atoms with van der Waals surface area (Å²) in [7, 11) is 7.31. The molecule has 0 N–H and O–H groups in total. The summed E-state index contributed by atoms with van der Waals surface area (Å²) in [5.41, 5.74) is 0. The number of hydrogen-bond donors (Lipinski definition) is 0. The summed E-state index contributed by atoms with van der Waals surface area (Å²) in [4.78, 5) is 11.8. The molecule has 0 aliphatic heterocycles. The first-order valence-electron chi connectivity index (χ1n) is 2.86. The monoisotopic (exact) mass is 145 g/mol. The summed E-state index contributed by atoms with van der Waals surface area (Å²) in [5.74, 6) is -0.394. The van der Waals surface area contributed by atoms with Crippen LogP contribution in [0.15, 0.2) is 12.7 Å². The van der Waals surface area contributed by atoms with E-state index in [0.29, 0.717) is 0 Å². The van der Waals surface area contributed by atoms with Gasteiger partial charge >= 0.3 is 5.97 Å². The van der Waals surface area contributed by atoms with Gasteiger partial charge < -0.3 is 9.64 Å². The van der Waals surface area contributed by atoms with Crippen molar-refractivity contribution in [3.63, 3.8) is 0 Å². The van der Waals surface area contributed by atoms with Gasteiger partial charge in [0.25, 0.3) is 0 Å². The van der Waals surface area contributed by atoms with E-state index in [1.807, 2.05) is 26.0 Å². The minimum absolute atomic E-state index is 0.394. The van der Waals surface area contributed by atoms with E-state index in [1.165, 1.54) is 7.11 Å². The highest BCUT2D eigenvalue weighted by molar-refractivity contribution is 5.80. The van der Waals surface area contributed by atoms with Crippen molar-refractivity contribution >= 4 is 5.97 Å². The summed E-state index contributed by atoms with van der Waals surface area (Å²) >= 11 is 0. The maximum atomic E-state index is 9.84. The minimum atomic E-state index is -0.394. The van der Waals surface area contributed by atoms with Gasteiger partial charge in [-0.3, -0.25) is 0 Å². The van der Waals surface area contributed by atoms with E-state index in [4.69, 9.17) is 0 Å². The van der Waals surface area contributed by atoms with Crippen LogP contribution in [0.4, 0.5) is 0 Å². The maximum absolute atomic E-state index is 9.84. The average Bonchev–Trinajstić information content (AvgIpc) is 1.85. The number of methoxy groups -OCH3 is 1. The maximum Gasteiger partial charge on any atom is 0.329 e. The molecule has 0 heterocycles. The normalized spacial score (nSPS) is 7.70. The van der Waals surface area contributed by atoms with Crippen molar-refractivity contribution in [2.75, 3.05) is 28.3 Å². The third kappa shape index (κ3) is 27.2. The quantitative estimate of drug-likeness (QED) is 0.398. The van der Waals surface area contributed by atoms with Crippen LogP contribution in [0.2, 0.25) is 0 Å². The summed E-state index contributed by atoms with van der Waals surface area (Å²) in [5, 5.41) is 0. The lowest BCUT2D eigenvalue weighted by Crippen LogP contribution is -1.99. The predicted molar refractivity (Wildman–Crippen MR) is 41.8 cm³/mol. The molecule has 0 aromatic heterocycles. The highest BCUT2D eigenvalue weighted by atomic mass is 16.5. The molecule has 0 saturated carbocycles. The Morgan fingerprint density at radius 2 is 1.80 bits per heavy atom. The molecule has 0 unspecified atom stereocenters. The van der Waals surface area contributed by atoms with Crippen molar-refractivity contribution in [1.29, 1.82) is 0 Å². The number of carbonyl (C=O) groups excluding carboxylic acids is 1. The smallest absolute Gasteiger partial charge is 0.329 e. The molecule has 0 radical (unpaired) electrons. The first kappa shape index (κ1) is 11.9. The molecule has 0 bridgehead atoms. The Bertz CT molecular complexity index is 97.0. The molecule has 0 rings (SSSR count). The molecule has 0 aromatic rings. The van der Waals surface area contributed by atoms with Crippen LogP contribution < -0.4 is 0 Å². The predicted octanol–water partition coefficient (Wildman–Crippen LogP) is 0.523. The molecular weight excluding hydrogens is 130 g/mol. The Labute approximate surface area is 62.3 Å². The zero-order valence-electron chi connectivity index (χ0n) is 7.05. The second-order valence-electron chi connectivity index (χ2n) is 2.07. The van der Waals surface area contributed by atoms with Crippen molar-refractivity contribution in [2.24, 2.45) is 0 Å². The van der Waals surface area contributed by atoms with Crippen LogP contribution in [0.1, 0.15) is 0 Å². The molecule has 0 aliphatic rings. The van der Waals surface area contributed by atoms with Gasteiger partial charge in [0.15, 0.2) is 0 Å². The second kappa shape index (κ2) is 8.17. The van der Waals surface area contributed by atoms with Gasteiger partial charge in [-0.1, -0.05) is 6.58 Å². The number of esters is 1. The van der Waals surface area contributed by atoms with E-state index in [2.05, 4.69) is 11.3 Å². The molecule has 0 spiro atoms. The van der Waals surface area contributed by atoms with Crippen molar-refractivity contribution in [1.82, 2.24) is 4.90 Å². The standard InChI is InChI=1S/C4H6O2.C3H9N/c1-3-4(5)6-2;1-4(2)3/h3H,1H2,2H3;1-3H3. The molecule has 0 fully saturated rings. The fourth-order valence-electron chi connectivity index (χ4n) is 0.0833. The third-order valence-corrected chi connectivity index (χ3v) is 0.368. The zero-order valence-corrected chi connectivity index (χ0v) is 7.05. The van der Waals surface area contributed by atoms with Gasteiger partial charge in [-0.2, -0.15) is 0 Å². The van der Waals surface area contributed by atoms with Crippen LogP contribution in [0.25, 0.3) is 0 Å². The number of rotatable bonds is 1. The lowest BCUT2D eigenvalue weighted by atomic mass is 10.7. The topological polar surface area (TPSA) is 29.5 Å². The van der Waals surface area contributed by atoms with E-state index in [-0.39, 0.29) is 0 Å². The van der Waals surface area contributed by atoms with Gasteiger partial charge in [0.2, 0.25) is 0 Å². The summed E-state index contributed by atoms with van der Waals surface area (Å²) < 4.78 is 4.14. The lowest BCUT2D eigenvalue weighted by molar-refractivity contribution is -0.134. The summed E-state index contributed by atoms with van der Waals surface area (Å²) in [6, 6.07) is 0. The molecule has 3 heteroatoms. The first-order chi connectivity index (χ1) is 4.54. The Morgan fingerprint density at radius 1 is 1.50 bits per heavy atom. The summed E-state index contributed by atoms with van der Waals surface area (Å²) in [6.07, 6.45) is 1.11.